The number of para-hydroxylation sites is 1. The third-order valence-corrected chi connectivity index (χ3v) is 5.47. The highest BCUT2D eigenvalue weighted by Crippen LogP contribution is 2.49. The van der Waals surface area contributed by atoms with Gasteiger partial charge >= 0.3 is 0 Å². The van der Waals surface area contributed by atoms with Gasteiger partial charge in [0, 0.05) is 10.2 Å². The third-order valence-electron chi connectivity index (χ3n) is 4.05. The van der Waals surface area contributed by atoms with Crippen molar-refractivity contribution in [3.63, 3.8) is 0 Å². The lowest BCUT2D eigenvalue weighted by Crippen LogP contribution is -2.53. The molecule has 0 aliphatic heterocycles. The largest absolute Gasteiger partial charge is 0.491 e. The second-order valence-corrected chi connectivity index (χ2v) is 6.19. The molecular formula is C15H21BrO2. The van der Waals surface area contributed by atoms with E-state index in [1.807, 2.05) is 30.3 Å². The Morgan fingerprint density at radius 2 is 2.00 bits per heavy atom. The molecule has 3 atom stereocenters. The molecule has 100 valence electrons. The molecule has 1 aromatic rings. The topological polar surface area (TPSA) is 18.5 Å². The van der Waals surface area contributed by atoms with Crippen molar-refractivity contribution in [2.24, 2.45) is 5.41 Å². The molecule has 0 saturated heterocycles. The van der Waals surface area contributed by atoms with E-state index < -0.39 is 0 Å². The summed E-state index contributed by atoms with van der Waals surface area (Å²) in [6.07, 6.45) is 2.62. The first kappa shape index (κ1) is 13.9. The monoisotopic (exact) mass is 312 g/mol. The molecule has 3 unspecified atom stereocenters. The van der Waals surface area contributed by atoms with Crippen LogP contribution in [-0.4, -0.2) is 24.1 Å². The molecule has 2 rings (SSSR count). The second-order valence-electron chi connectivity index (χ2n) is 5.08. The molecule has 1 saturated carbocycles. The molecule has 0 heterocycles. The van der Waals surface area contributed by atoms with Crippen molar-refractivity contribution in [2.45, 2.75) is 37.6 Å². The van der Waals surface area contributed by atoms with Gasteiger partial charge in [-0.15, -0.1) is 0 Å². The fourth-order valence-electron chi connectivity index (χ4n) is 2.34. The Hall–Kier alpha value is -0.540. The number of ether oxygens (including phenoxy) is 2. The lowest BCUT2D eigenvalue weighted by molar-refractivity contribution is -0.101. The molecule has 18 heavy (non-hydrogen) atoms. The summed E-state index contributed by atoms with van der Waals surface area (Å²) in [5, 5.41) is 0. The van der Waals surface area contributed by atoms with Crippen LogP contribution in [0.3, 0.4) is 0 Å². The van der Waals surface area contributed by atoms with Gasteiger partial charge in [0.1, 0.15) is 12.4 Å². The van der Waals surface area contributed by atoms with Crippen molar-refractivity contribution in [3.8, 4) is 5.75 Å². The SMILES string of the molecule is CCC1(C)C(Br)CC1OCCOc1ccccc1. The summed E-state index contributed by atoms with van der Waals surface area (Å²) in [7, 11) is 0. The Bertz CT molecular complexity index is 368. The summed E-state index contributed by atoms with van der Waals surface area (Å²) in [5.74, 6) is 0.909. The van der Waals surface area contributed by atoms with E-state index >= 15 is 0 Å². The molecule has 2 nitrogen and oxygen atoms in total. The Kier molecular flexibility index (Phi) is 4.68. The number of hydrogen-bond donors (Lipinski definition) is 0. The van der Waals surface area contributed by atoms with Crippen LogP contribution in [0.25, 0.3) is 0 Å². The van der Waals surface area contributed by atoms with Crippen LogP contribution in [0.2, 0.25) is 0 Å². The van der Waals surface area contributed by atoms with Gasteiger partial charge in [-0.1, -0.05) is 48.0 Å². The Balaban J connectivity index is 1.68. The summed E-state index contributed by atoms with van der Waals surface area (Å²) in [6.45, 7) is 5.80. The van der Waals surface area contributed by atoms with E-state index in [1.54, 1.807) is 0 Å². The first-order valence-electron chi connectivity index (χ1n) is 6.60. The van der Waals surface area contributed by atoms with Crippen molar-refractivity contribution < 1.29 is 9.47 Å². The standard InChI is InChI=1S/C15H21BrO2/c1-3-15(2)13(16)11-14(15)18-10-9-17-12-7-5-4-6-8-12/h4-8,13-14H,3,9-11H2,1-2H3. The lowest BCUT2D eigenvalue weighted by Gasteiger charge is -2.51. The van der Waals surface area contributed by atoms with E-state index in [-0.39, 0.29) is 5.41 Å². The molecule has 0 amide bonds. The number of benzene rings is 1. The van der Waals surface area contributed by atoms with Gasteiger partial charge < -0.3 is 9.47 Å². The van der Waals surface area contributed by atoms with Crippen LogP contribution in [-0.2, 0) is 4.74 Å². The molecule has 1 aliphatic carbocycles. The highest BCUT2D eigenvalue weighted by Gasteiger charge is 2.49. The predicted molar refractivity (Wildman–Crippen MR) is 77.4 cm³/mol. The molecule has 3 heteroatoms. The molecule has 1 aliphatic rings. The summed E-state index contributed by atoms with van der Waals surface area (Å²) in [5.41, 5.74) is 0.284. The molecule has 0 N–H and O–H groups in total. The fourth-order valence-corrected chi connectivity index (χ4v) is 3.30. The maximum Gasteiger partial charge on any atom is 0.119 e. The normalized spacial score (nSPS) is 30.8. The molecular weight excluding hydrogens is 292 g/mol. The van der Waals surface area contributed by atoms with E-state index in [0.29, 0.717) is 24.1 Å². The quantitative estimate of drug-likeness (QED) is 0.583. The van der Waals surface area contributed by atoms with E-state index in [4.69, 9.17) is 9.47 Å². The highest BCUT2D eigenvalue weighted by atomic mass is 79.9. The maximum atomic E-state index is 5.92. The molecule has 0 spiro atoms. The Morgan fingerprint density at radius 3 is 2.61 bits per heavy atom. The van der Waals surface area contributed by atoms with Gasteiger partial charge in [0.2, 0.25) is 0 Å². The zero-order chi connectivity index (χ0) is 13.0. The molecule has 0 radical (unpaired) electrons. The Labute approximate surface area is 118 Å². The second kappa shape index (κ2) is 6.07. The van der Waals surface area contributed by atoms with E-state index in [9.17, 15) is 0 Å². The van der Waals surface area contributed by atoms with Crippen molar-refractivity contribution in [1.82, 2.24) is 0 Å². The first-order valence-corrected chi connectivity index (χ1v) is 7.52. The number of hydrogen-bond acceptors (Lipinski definition) is 2. The summed E-state index contributed by atoms with van der Waals surface area (Å²) in [4.78, 5) is 0.593. The molecule has 1 fully saturated rings. The van der Waals surface area contributed by atoms with Crippen LogP contribution < -0.4 is 4.74 Å². The Morgan fingerprint density at radius 1 is 1.28 bits per heavy atom. The van der Waals surface area contributed by atoms with Crippen molar-refractivity contribution >= 4 is 15.9 Å². The minimum absolute atomic E-state index is 0.284. The zero-order valence-electron chi connectivity index (χ0n) is 11.1. The van der Waals surface area contributed by atoms with Crippen LogP contribution in [0.15, 0.2) is 30.3 Å². The smallest absolute Gasteiger partial charge is 0.119 e. The number of halogens is 1. The van der Waals surface area contributed by atoms with Crippen LogP contribution in [0.4, 0.5) is 0 Å². The molecule has 0 bridgehead atoms. The minimum Gasteiger partial charge on any atom is -0.491 e. The average Bonchev–Trinajstić information content (AvgIpc) is 2.42. The summed E-state index contributed by atoms with van der Waals surface area (Å²) in [6, 6.07) is 9.87. The third kappa shape index (κ3) is 2.89. The average molecular weight is 313 g/mol. The van der Waals surface area contributed by atoms with E-state index in [1.165, 1.54) is 0 Å². The van der Waals surface area contributed by atoms with Gasteiger partial charge in [-0.2, -0.15) is 0 Å². The molecule has 1 aromatic carbocycles. The summed E-state index contributed by atoms with van der Waals surface area (Å²) >= 11 is 3.72. The first-order chi connectivity index (χ1) is 8.66. The predicted octanol–water partition coefficient (Wildman–Crippen LogP) is 4.03. The minimum atomic E-state index is 0.284. The van der Waals surface area contributed by atoms with Crippen molar-refractivity contribution in [1.29, 1.82) is 0 Å². The maximum absolute atomic E-state index is 5.92. The summed E-state index contributed by atoms with van der Waals surface area (Å²) < 4.78 is 11.5. The van der Waals surface area contributed by atoms with E-state index in [2.05, 4.69) is 29.8 Å². The van der Waals surface area contributed by atoms with Crippen molar-refractivity contribution in [3.05, 3.63) is 30.3 Å². The van der Waals surface area contributed by atoms with Crippen LogP contribution >= 0.6 is 15.9 Å². The van der Waals surface area contributed by atoms with E-state index in [0.717, 1.165) is 18.6 Å². The van der Waals surface area contributed by atoms with Crippen LogP contribution in [0.5, 0.6) is 5.75 Å². The van der Waals surface area contributed by atoms with Gasteiger partial charge in [-0.25, -0.2) is 0 Å². The zero-order valence-corrected chi connectivity index (χ0v) is 12.7. The van der Waals surface area contributed by atoms with Gasteiger partial charge in [0.15, 0.2) is 0 Å². The van der Waals surface area contributed by atoms with Crippen molar-refractivity contribution in [2.75, 3.05) is 13.2 Å². The fraction of sp³-hybridized carbons (Fsp3) is 0.600. The van der Waals surface area contributed by atoms with Gasteiger partial charge in [-0.3, -0.25) is 0 Å². The van der Waals surface area contributed by atoms with Gasteiger partial charge in [0.25, 0.3) is 0 Å². The van der Waals surface area contributed by atoms with Gasteiger partial charge in [0.05, 0.1) is 12.7 Å². The molecule has 0 aromatic heterocycles. The lowest BCUT2D eigenvalue weighted by atomic mass is 9.66. The van der Waals surface area contributed by atoms with Gasteiger partial charge in [-0.05, 0) is 25.0 Å². The van der Waals surface area contributed by atoms with Crippen LogP contribution in [0.1, 0.15) is 26.7 Å². The van der Waals surface area contributed by atoms with Crippen LogP contribution in [0, 0.1) is 5.41 Å². The number of rotatable bonds is 6. The highest BCUT2D eigenvalue weighted by molar-refractivity contribution is 9.09. The number of alkyl halides is 1.